The van der Waals surface area contributed by atoms with Crippen LogP contribution in [0.3, 0.4) is 0 Å². The second kappa shape index (κ2) is 8.37. The number of rotatable bonds is 4. The van der Waals surface area contributed by atoms with Crippen molar-refractivity contribution in [1.29, 1.82) is 0 Å². The van der Waals surface area contributed by atoms with Gasteiger partial charge in [0.15, 0.2) is 11.7 Å². The Balaban J connectivity index is 1.55. The van der Waals surface area contributed by atoms with Crippen molar-refractivity contribution in [2.24, 2.45) is 10.7 Å². The highest BCUT2D eigenvalue weighted by Gasteiger charge is 2.11. The summed E-state index contributed by atoms with van der Waals surface area (Å²) in [6.07, 6.45) is 6.38. The number of guanidine groups is 1. The summed E-state index contributed by atoms with van der Waals surface area (Å²) in [5.74, 6) is 0.650. The molecule has 0 unspecified atom stereocenters. The smallest absolute Gasteiger partial charge is 0.291 e. The molecule has 0 aliphatic carbocycles. The molecule has 1 aliphatic rings. The third-order valence-corrected chi connectivity index (χ3v) is 4.31. The van der Waals surface area contributed by atoms with Gasteiger partial charge < -0.3 is 20.4 Å². The lowest BCUT2D eigenvalue weighted by Crippen LogP contribution is -2.38. The number of amides is 1. The molecule has 6 heteroatoms. The van der Waals surface area contributed by atoms with Crippen molar-refractivity contribution in [3.63, 3.8) is 0 Å². The molecule has 2 heterocycles. The topological polar surface area (TPSA) is 83.9 Å². The van der Waals surface area contributed by atoms with Crippen LogP contribution in [0.1, 0.15) is 41.8 Å². The van der Waals surface area contributed by atoms with E-state index < -0.39 is 0 Å². The molecule has 1 saturated heterocycles. The number of anilines is 1. The zero-order valence-corrected chi connectivity index (χ0v) is 14.3. The third-order valence-electron chi connectivity index (χ3n) is 4.31. The van der Waals surface area contributed by atoms with E-state index in [0.29, 0.717) is 18.3 Å². The van der Waals surface area contributed by atoms with Crippen LogP contribution in [0.25, 0.3) is 0 Å². The second-order valence-corrected chi connectivity index (χ2v) is 6.20. The maximum atomic E-state index is 11.9. The van der Waals surface area contributed by atoms with Crippen LogP contribution in [0.2, 0.25) is 0 Å². The van der Waals surface area contributed by atoms with Gasteiger partial charge in [0.05, 0.1) is 12.8 Å². The molecule has 3 rings (SSSR count). The maximum absolute atomic E-state index is 11.9. The summed E-state index contributed by atoms with van der Waals surface area (Å²) < 4.78 is 5.07. The molecule has 132 valence electrons. The summed E-state index contributed by atoms with van der Waals surface area (Å²) in [5, 5.41) is 2.79. The molecule has 0 saturated carbocycles. The van der Waals surface area contributed by atoms with Crippen molar-refractivity contribution in [3.05, 3.63) is 54.0 Å². The lowest BCUT2D eigenvalue weighted by atomic mass is 10.2. The molecule has 0 bridgehead atoms. The van der Waals surface area contributed by atoms with Crippen LogP contribution in [-0.2, 0) is 6.54 Å². The molecule has 2 aromatic rings. The van der Waals surface area contributed by atoms with Crippen molar-refractivity contribution in [3.8, 4) is 0 Å². The van der Waals surface area contributed by atoms with E-state index in [1.807, 2.05) is 24.3 Å². The number of nitrogens with one attached hydrogen (secondary N) is 1. The van der Waals surface area contributed by atoms with Crippen LogP contribution >= 0.6 is 0 Å². The fourth-order valence-corrected chi connectivity index (χ4v) is 2.87. The van der Waals surface area contributed by atoms with E-state index in [2.05, 4.69) is 15.2 Å². The molecule has 0 spiro atoms. The predicted molar refractivity (Wildman–Crippen MR) is 98.5 cm³/mol. The third kappa shape index (κ3) is 4.86. The Kier molecular flexibility index (Phi) is 5.72. The van der Waals surface area contributed by atoms with Gasteiger partial charge in [-0.25, -0.2) is 4.99 Å². The summed E-state index contributed by atoms with van der Waals surface area (Å²) in [7, 11) is 0. The van der Waals surface area contributed by atoms with E-state index in [1.165, 1.54) is 31.9 Å². The van der Waals surface area contributed by atoms with E-state index in [4.69, 9.17) is 10.2 Å². The minimum atomic E-state index is -0.263. The number of likely N-dealkylation sites (tertiary alicyclic amines) is 1. The Morgan fingerprint density at radius 1 is 1.12 bits per heavy atom. The van der Waals surface area contributed by atoms with Gasteiger partial charge in [0, 0.05) is 18.8 Å². The largest absolute Gasteiger partial charge is 0.459 e. The van der Waals surface area contributed by atoms with Gasteiger partial charge in [-0.2, -0.15) is 0 Å². The summed E-state index contributed by atoms with van der Waals surface area (Å²) in [4.78, 5) is 18.6. The molecule has 1 aliphatic heterocycles. The van der Waals surface area contributed by atoms with Gasteiger partial charge in [-0.3, -0.25) is 4.79 Å². The molecular weight excluding hydrogens is 316 g/mol. The van der Waals surface area contributed by atoms with Gasteiger partial charge in [0.1, 0.15) is 0 Å². The molecule has 1 aromatic carbocycles. The minimum absolute atomic E-state index is 0.263. The van der Waals surface area contributed by atoms with Crippen LogP contribution in [-0.4, -0.2) is 29.9 Å². The molecule has 0 radical (unpaired) electrons. The van der Waals surface area contributed by atoms with E-state index in [-0.39, 0.29) is 5.91 Å². The molecule has 25 heavy (non-hydrogen) atoms. The lowest BCUT2D eigenvalue weighted by molar-refractivity contribution is 0.0996. The van der Waals surface area contributed by atoms with Crippen molar-refractivity contribution >= 4 is 17.6 Å². The van der Waals surface area contributed by atoms with Crippen LogP contribution in [0.15, 0.2) is 52.1 Å². The normalized spacial score (nSPS) is 15.7. The number of hydrogen-bond acceptors (Lipinski definition) is 3. The SMILES string of the molecule is NC(=NCc1ccc(NC(=O)c2ccco2)cc1)N1CCCCCC1. The average molecular weight is 340 g/mol. The number of carbonyl (C=O) groups excluding carboxylic acids is 1. The Hall–Kier alpha value is -2.76. The van der Waals surface area contributed by atoms with E-state index >= 15 is 0 Å². The van der Waals surface area contributed by atoms with Gasteiger partial charge >= 0.3 is 0 Å². The van der Waals surface area contributed by atoms with Gasteiger partial charge in [-0.05, 0) is 42.7 Å². The lowest BCUT2D eigenvalue weighted by Gasteiger charge is -2.21. The zero-order chi connectivity index (χ0) is 17.5. The maximum Gasteiger partial charge on any atom is 0.291 e. The number of nitrogens with zero attached hydrogens (tertiary/aromatic N) is 2. The van der Waals surface area contributed by atoms with Crippen LogP contribution in [0.4, 0.5) is 5.69 Å². The first kappa shape index (κ1) is 17.1. The fraction of sp³-hybridized carbons (Fsp3) is 0.368. The summed E-state index contributed by atoms with van der Waals surface area (Å²) in [5.41, 5.74) is 7.89. The van der Waals surface area contributed by atoms with Crippen molar-refractivity contribution in [2.45, 2.75) is 32.2 Å². The molecular formula is C19H24N4O2. The Bertz CT molecular complexity index is 700. The Morgan fingerprint density at radius 3 is 2.48 bits per heavy atom. The number of aliphatic imine (C=N–C) groups is 1. The monoisotopic (exact) mass is 340 g/mol. The average Bonchev–Trinajstić information content (AvgIpc) is 3.03. The first-order chi connectivity index (χ1) is 12.2. The first-order valence-corrected chi connectivity index (χ1v) is 8.71. The number of benzene rings is 1. The van der Waals surface area contributed by atoms with Crippen molar-refractivity contribution in [2.75, 3.05) is 18.4 Å². The molecule has 6 nitrogen and oxygen atoms in total. The van der Waals surface area contributed by atoms with Gasteiger partial charge in [-0.15, -0.1) is 0 Å². The fourth-order valence-electron chi connectivity index (χ4n) is 2.87. The summed E-state index contributed by atoms with van der Waals surface area (Å²) in [6, 6.07) is 10.9. The standard InChI is InChI=1S/C19H24N4O2/c20-19(23-11-3-1-2-4-12-23)21-14-15-7-9-16(10-8-15)22-18(24)17-6-5-13-25-17/h5-10,13H,1-4,11-12,14H2,(H2,20,21)(H,22,24). The molecule has 0 atom stereocenters. The Labute approximate surface area is 147 Å². The predicted octanol–water partition coefficient (Wildman–Crippen LogP) is 3.22. The van der Waals surface area contributed by atoms with Crippen LogP contribution in [0, 0.1) is 0 Å². The summed E-state index contributed by atoms with van der Waals surface area (Å²) >= 11 is 0. The molecule has 1 aromatic heterocycles. The summed E-state index contributed by atoms with van der Waals surface area (Å²) in [6.45, 7) is 2.52. The van der Waals surface area contributed by atoms with E-state index in [0.717, 1.165) is 24.3 Å². The molecule has 3 N–H and O–H groups in total. The minimum Gasteiger partial charge on any atom is -0.459 e. The zero-order valence-electron chi connectivity index (χ0n) is 14.3. The van der Waals surface area contributed by atoms with Crippen LogP contribution < -0.4 is 11.1 Å². The highest BCUT2D eigenvalue weighted by molar-refractivity contribution is 6.02. The molecule has 1 fully saturated rings. The highest BCUT2D eigenvalue weighted by Crippen LogP contribution is 2.13. The Morgan fingerprint density at radius 2 is 1.84 bits per heavy atom. The number of furan rings is 1. The van der Waals surface area contributed by atoms with Crippen LogP contribution in [0.5, 0.6) is 0 Å². The molecule has 1 amide bonds. The number of nitrogens with two attached hydrogens (primary N) is 1. The van der Waals surface area contributed by atoms with Crippen molar-refractivity contribution in [1.82, 2.24) is 4.90 Å². The van der Waals surface area contributed by atoms with Gasteiger partial charge in [-0.1, -0.05) is 25.0 Å². The number of carbonyl (C=O) groups is 1. The first-order valence-electron chi connectivity index (χ1n) is 8.71. The van der Waals surface area contributed by atoms with Gasteiger partial charge in [0.25, 0.3) is 5.91 Å². The van der Waals surface area contributed by atoms with Crippen molar-refractivity contribution < 1.29 is 9.21 Å². The van der Waals surface area contributed by atoms with E-state index in [1.54, 1.807) is 12.1 Å². The highest BCUT2D eigenvalue weighted by atomic mass is 16.3. The quantitative estimate of drug-likeness (QED) is 0.661. The number of hydrogen-bond donors (Lipinski definition) is 2. The van der Waals surface area contributed by atoms with E-state index in [9.17, 15) is 4.79 Å². The van der Waals surface area contributed by atoms with Gasteiger partial charge in [0.2, 0.25) is 0 Å². The second-order valence-electron chi connectivity index (χ2n) is 6.20.